The van der Waals surface area contributed by atoms with Crippen molar-refractivity contribution in [2.75, 3.05) is 6.61 Å². The van der Waals surface area contributed by atoms with Crippen LogP contribution in [-0.2, 0) is 11.8 Å². The van der Waals surface area contributed by atoms with Crippen LogP contribution in [0, 0.1) is 0 Å². The van der Waals surface area contributed by atoms with Gasteiger partial charge in [0.05, 0.1) is 17.9 Å². The summed E-state index contributed by atoms with van der Waals surface area (Å²) in [5.74, 6) is -0.470. The lowest BCUT2D eigenvalue weighted by atomic mass is 10.1. The van der Waals surface area contributed by atoms with E-state index in [0.29, 0.717) is 17.5 Å². The second-order valence-corrected chi connectivity index (χ2v) is 4.09. The van der Waals surface area contributed by atoms with E-state index in [0.717, 1.165) is 11.3 Å². The lowest BCUT2D eigenvalue weighted by Crippen LogP contribution is -2.08. The molecule has 0 amide bonds. The fraction of sp³-hybridized carbons (Fsp3) is 0.200. The van der Waals surface area contributed by atoms with Gasteiger partial charge in [0.15, 0.2) is 6.29 Å². The Bertz CT molecular complexity index is 599. The van der Waals surface area contributed by atoms with Crippen LogP contribution in [-0.4, -0.2) is 23.4 Å². The third-order valence-corrected chi connectivity index (χ3v) is 2.96. The highest BCUT2D eigenvalue weighted by Crippen LogP contribution is 2.24. The number of carbonyl (C=O) groups excluding carboxylic acids is 2. The summed E-state index contributed by atoms with van der Waals surface area (Å²) in [6, 6.07) is 11.3. The molecule has 0 N–H and O–H groups in total. The molecule has 1 aromatic carbocycles. The van der Waals surface area contributed by atoms with Gasteiger partial charge in [0.2, 0.25) is 0 Å². The number of hydrogen-bond donors (Lipinski definition) is 0. The lowest BCUT2D eigenvalue weighted by molar-refractivity contribution is 0.0524. The molecule has 0 spiro atoms. The molecule has 1 aromatic heterocycles. The van der Waals surface area contributed by atoms with Crippen LogP contribution in [0.1, 0.15) is 27.8 Å². The van der Waals surface area contributed by atoms with Crippen LogP contribution in [0.3, 0.4) is 0 Å². The van der Waals surface area contributed by atoms with Gasteiger partial charge in [-0.15, -0.1) is 0 Å². The maximum Gasteiger partial charge on any atom is 0.340 e. The minimum atomic E-state index is -0.470. The van der Waals surface area contributed by atoms with E-state index < -0.39 is 5.97 Å². The zero-order valence-corrected chi connectivity index (χ0v) is 10.9. The summed E-state index contributed by atoms with van der Waals surface area (Å²) >= 11 is 0. The molecule has 19 heavy (non-hydrogen) atoms. The molecule has 0 aliphatic carbocycles. The van der Waals surface area contributed by atoms with E-state index in [9.17, 15) is 9.59 Å². The Morgan fingerprint density at radius 1 is 1.32 bits per heavy atom. The van der Waals surface area contributed by atoms with Crippen molar-refractivity contribution in [2.45, 2.75) is 6.92 Å². The first kappa shape index (κ1) is 13.1. The second-order valence-electron chi connectivity index (χ2n) is 4.09. The number of nitrogens with zero attached hydrogens (tertiary/aromatic N) is 1. The molecule has 4 heteroatoms. The highest BCUT2D eigenvalue weighted by molar-refractivity contribution is 5.99. The molecule has 0 fully saturated rings. The molecular formula is C15H15NO3. The summed E-state index contributed by atoms with van der Waals surface area (Å²) in [7, 11) is 1.76. The third-order valence-electron chi connectivity index (χ3n) is 2.96. The van der Waals surface area contributed by atoms with Crippen molar-refractivity contribution in [3.05, 3.63) is 47.7 Å². The number of aldehydes is 1. The number of rotatable bonds is 4. The van der Waals surface area contributed by atoms with Gasteiger partial charge in [0, 0.05) is 12.7 Å². The summed E-state index contributed by atoms with van der Waals surface area (Å²) in [6.45, 7) is 2.02. The average Bonchev–Trinajstić information content (AvgIpc) is 2.77. The van der Waals surface area contributed by atoms with Gasteiger partial charge in [-0.2, -0.15) is 0 Å². The lowest BCUT2D eigenvalue weighted by Gasteiger charge is -2.04. The van der Waals surface area contributed by atoms with Crippen LogP contribution in [0.25, 0.3) is 11.3 Å². The minimum absolute atomic E-state index is 0.284. The van der Waals surface area contributed by atoms with Crippen molar-refractivity contribution < 1.29 is 14.3 Å². The SMILES string of the molecule is CCOC(=O)c1cc(-c2ccccc2)n(C)c1C=O. The summed E-state index contributed by atoms with van der Waals surface area (Å²) in [5, 5.41) is 0. The van der Waals surface area contributed by atoms with E-state index in [1.54, 1.807) is 24.6 Å². The monoisotopic (exact) mass is 257 g/mol. The van der Waals surface area contributed by atoms with E-state index >= 15 is 0 Å². The minimum Gasteiger partial charge on any atom is -0.462 e. The molecule has 0 aliphatic heterocycles. The molecule has 0 bridgehead atoms. The zero-order chi connectivity index (χ0) is 13.8. The van der Waals surface area contributed by atoms with Crippen LogP contribution in [0.4, 0.5) is 0 Å². The third kappa shape index (κ3) is 2.42. The second kappa shape index (κ2) is 5.52. The Morgan fingerprint density at radius 3 is 2.58 bits per heavy atom. The number of benzene rings is 1. The summed E-state index contributed by atoms with van der Waals surface area (Å²) < 4.78 is 6.67. The van der Waals surface area contributed by atoms with Gasteiger partial charge >= 0.3 is 5.97 Å². The van der Waals surface area contributed by atoms with E-state index in [1.165, 1.54) is 0 Å². The van der Waals surface area contributed by atoms with Crippen molar-refractivity contribution in [3.8, 4) is 11.3 Å². The molecule has 0 aliphatic rings. The van der Waals surface area contributed by atoms with Crippen LogP contribution in [0.5, 0.6) is 0 Å². The van der Waals surface area contributed by atoms with E-state index in [1.807, 2.05) is 30.3 Å². The Labute approximate surface area is 111 Å². The molecule has 2 rings (SSSR count). The van der Waals surface area contributed by atoms with Crippen LogP contribution >= 0.6 is 0 Å². The van der Waals surface area contributed by atoms with Crippen molar-refractivity contribution >= 4 is 12.3 Å². The highest BCUT2D eigenvalue weighted by Gasteiger charge is 2.19. The Hall–Kier alpha value is -2.36. The Morgan fingerprint density at radius 2 is 2.00 bits per heavy atom. The molecule has 0 saturated heterocycles. The van der Waals surface area contributed by atoms with Crippen LogP contribution in [0.15, 0.2) is 36.4 Å². The number of esters is 1. The van der Waals surface area contributed by atoms with E-state index in [4.69, 9.17) is 4.74 Å². The molecule has 2 aromatic rings. The normalized spacial score (nSPS) is 10.2. The van der Waals surface area contributed by atoms with Gasteiger partial charge in [-0.05, 0) is 18.6 Å². The summed E-state index contributed by atoms with van der Waals surface area (Å²) in [4.78, 5) is 23.0. The quantitative estimate of drug-likeness (QED) is 0.625. The molecule has 0 saturated carbocycles. The molecular weight excluding hydrogens is 242 g/mol. The zero-order valence-electron chi connectivity index (χ0n) is 10.9. The standard InChI is InChI=1S/C15H15NO3/c1-3-19-15(18)12-9-13(16(2)14(12)10-17)11-7-5-4-6-8-11/h4-10H,3H2,1-2H3. The fourth-order valence-electron chi connectivity index (χ4n) is 2.02. The van der Waals surface area contributed by atoms with Gasteiger partial charge in [0.1, 0.15) is 0 Å². The number of hydrogen-bond acceptors (Lipinski definition) is 3. The smallest absolute Gasteiger partial charge is 0.340 e. The Balaban J connectivity index is 2.53. The highest BCUT2D eigenvalue weighted by atomic mass is 16.5. The van der Waals surface area contributed by atoms with Crippen molar-refractivity contribution in [1.82, 2.24) is 4.57 Å². The number of ether oxygens (including phenoxy) is 1. The van der Waals surface area contributed by atoms with Gasteiger partial charge < -0.3 is 9.30 Å². The predicted octanol–water partition coefficient (Wildman–Crippen LogP) is 2.68. The molecule has 0 unspecified atom stereocenters. The van der Waals surface area contributed by atoms with Gasteiger partial charge in [-0.3, -0.25) is 4.79 Å². The van der Waals surface area contributed by atoms with Crippen LogP contribution in [0.2, 0.25) is 0 Å². The van der Waals surface area contributed by atoms with Crippen LogP contribution < -0.4 is 0 Å². The fourth-order valence-corrected chi connectivity index (χ4v) is 2.02. The first-order valence-electron chi connectivity index (χ1n) is 6.06. The molecule has 1 heterocycles. The van der Waals surface area contributed by atoms with E-state index in [2.05, 4.69) is 0 Å². The topological polar surface area (TPSA) is 48.3 Å². The summed E-state index contributed by atoms with van der Waals surface area (Å²) in [5.41, 5.74) is 2.39. The molecule has 0 radical (unpaired) electrons. The average molecular weight is 257 g/mol. The number of carbonyl (C=O) groups is 2. The molecule has 98 valence electrons. The van der Waals surface area contributed by atoms with Gasteiger partial charge in [0.25, 0.3) is 0 Å². The number of aromatic nitrogens is 1. The maximum atomic E-state index is 11.8. The van der Waals surface area contributed by atoms with Crippen molar-refractivity contribution in [3.63, 3.8) is 0 Å². The van der Waals surface area contributed by atoms with Gasteiger partial charge in [-0.25, -0.2) is 4.79 Å². The Kier molecular flexibility index (Phi) is 3.80. The molecule has 0 atom stereocenters. The van der Waals surface area contributed by atoms with Crippen molar-refractivity contribution in [1.29, 1.82) is 0 Å². The summed E-state index contributed by atoms with van der Waals surface area (Å²) in [6.07, 6.45) is 0.679. The largest absolute Gasteiger partial charge is 0.462 e. The van der Waals surface area contributed by atoms with Crippen molar-refractivity contribution in [2.24, 2.45) is 7.05 Å². The predicted molar refractivity (Wildman–Crippen MR) is 72.2 cm³/mol. The maximum absolute atomic E-state index is 11.8. The molecule has 4 nitrogen and oxygen atoms in total. The van der Waals surface area contributed by atoms with E-state index in [-0.39, 0.29) is 6.61 Å². The first-order valence-corrected chi connectivity index (χ1v) is 6.06. The first-order chi connectivity index (χ1) is 9.19. The van der Waals surface area contributed by atoms with Gasteiger partial charge in [-0.1, -0.05) is 30.3 Å².